The first kappa shape index (κ1) is 12.6. The monoisotopic (exact) mass is 185 g/mol. The van der Waals surface area contributed by atoms with Crippen molar-refractivity contribution in [2.24, 2.45) is 22.5 Å². The summed E-state index contributed by atoms with van der Waals surface area (Å²) in [6.07, 6.45) is 0. The third-order valence-electron chi connectivity index (χ3n) is 0.287. The lowest BCUT2D eigenvalue weighted by atomic mass is 11.1. The van der Waals surface area contributed by atoms with Gasteiger partial charge in [-0.2, -0.15) is 0 Å². The maximum absolute atomic E-state index is 8.52. The number of hydrogen-bond acceptors (Lipinski definition) is 7. The molecule has 0 unspecified atom stereocenters. The Kier molecular flexibility index (Phi) is 6.47. The zero-order valence-electron chi connectivity index (χ0n) is 5.22. The van der Waals surface area contributed by atoms with Crippen molar-refractivity contribution in [2.45, 2.75) is 0 Å². The van der Waals surface area contributed by atoms with Gasteiger partial charge in [0.1, 0.15) is 0 Å². The van der Waals surface area contributed by atoms with Crippen LogP contribution in [0.4, 0.5) is 0 Å². The van der Waals surface area contributed by atoms with Crippen molar-refractivity contribution < 1.29 is 17.5 Å². The molecular formula is CH7N5O4S-2. The molecular weight excluding hydrogens is 178 g/mol. The van der Waals surface area contributed by atoms with Gasteiger partial charge in [-0.1, -0.05) is 0 Å². The van der Waals surface area contributed by atoms with Crippen LogP contribution < -0.4 is 22.8 Å². The Bertz CT molecular complexity index is 199. The molecule has 0 radical (unpaired) electrons. The van der Waals surface area contributed by atoms with Crippen molar-refractivity contribution in [3.63, 3.8) is 0 Å². The van der Waals surface area contributed by atoms with E-state index < -0.39 is 10.4 Å². The van der Waals surface area contributed by atoms with Crippen molar-refractivity contribution in [2.75, 3.05) is 0 Å². The molecule has 0 fully saturated rings. The minimum atomic E-state index is -5.17. The number of hydrogen-bond donors (Lipinski definition) is 4. The Balaban J connectivity index is 0. The topological polar surface area (TPSA) is 183 Å². The van der Waals surface area contributed by atoms with Crippen molar-refractivity contribution in [3.8, 4) is 0 Å². The number of rotatable bonds is 0. The van der Waals surface area contributed by atoms with Crippen LogP contribution in [0.1, 0.15) is 0 Å². The van der Waals surface area contributed by atoms with E-state index in [1.165, 1.54) is 0 Å². The molecule has 0 aromatic heterocycles. The Hall–Kier alpha value is -1.10. The largest absolute Gasteiger partial charge is 0.759 e. The number of nitrogens with one attached hydrogen (secondary N) is 1. The second-order valence-corrected chi connectivity index (χ2v) is 1.88. The Morgan fingerprint density at radius 3 is 1.73 bits per heavy atom. The van der Waals surface area contributed by atoms with E-state index in [1.54, 1.807) is 0 Å². The van der Waals surface area contributed by atoms with Gasteiger partial charge in [-0.25, -0.2) is 5.84 Å². The van der Waals surface area contributed by atoms with Gasteiger partial charge in [0.2, 0.25) is 5.96 Å². The lowest BCUT2D eigenvalue weighted by Gasteiger charge is -2.06. The summed E-state index contributed by atoms with van der Waals surface area (Å²) in [7, 11) is -5.17. The number of guanidine groups is 1. The van der Waals surface area contributed by atoms with Gasteiger partial charge in [-0.3, -0.25) is 13.8 Å². The number of hydrazine groups is 1. The lowest BCUT2D eigenvalue weighted by Crippen LogP contribution is -2.37. The minimum absolute atomic E-state index is 0.0231. The van der Waals surface area contributed by atoms with Crippen LogP contribution in [-0.4, -0.2) is 23.5 Å². The summed E-state index contributed by atoms with van der Waals surface area (Å²) in [5, 5.41) is 2.97. The van der Waals surface area contributed by atoms with Gasteiger partial charge < -0.3 is 20.7 Å². The average Bonchev–Trinajstić information content (AvgIpc) is 1.83. The van der Waals surface area contributed by atoms with Crippen LogP contribution in [0.2, 0.25) is 0 Å². The van der Waals surface area contributed by atoms with Crippen LogP contribution in [-0.2, 0) is 10.4 Å². The zero-order chi connectivity index (χ0) is 9.49. The van der Waals surface area contributed by atoms with E-state index in [2.05, 4.69) is 10.9 Å². The van der Waals surface area contributed by atoms with Gasteiger partial charge >= 0.3 is 0 Å². The molecule has 0 aliphatic heterocycles. The molecule has 68 valence electrons. The van der Waals surface area contributed by atoms with Crippen LogP contribution in [0.15, 0.2) is 5.10 Å². The van der Waals surface area contributed by atoms with Crippen LogP contribution in [0.25, 0.3) is 0 Å². The summed E-state index contributed by atoms with van der Waals surface area (Å²) >= 11 is 0. The Labute approximate surface area is 62.8 Å². The van der Waals surface area contributed by atoms with Crippen molar-refractivity contribution >= 4 is 16.4 Å². The molecule has 7 N–H and O–H groups in total. The van der Waals surface area contributed by atoms with Crippen LogP contribution in [0.5, 0.6) is 0 Å². The van der Waals surface area contributed by atoms with Gasteiger partial charge in [0.05, 0.1) is 0 Å². The fourth-order valence-electron chi connectivity index (χ4n) is 0.0373. The lowest BCUT2D eigenvalue weighted by molar-refractivity contribution is 0.352. The summed E-state index contributed by atoms with van der Waals surface area (Å²) in [6, 6.07) is 0. The van der Waals surface area contributed by atoms with E-state index in [0.29, 0.717) is 0 Å². The third-order valence-corrected chi connectivity index (χ3v) is 0.287. The van der Waals surface area contributed by atoms with Crippen molar-refractivity contribution in [3.05, 3.63) is 0 Å². The molecule has 0 rings (SSSR count). The highest BCUT2D eigenvalue weighted by Gasteiger charge is 1.73. The maximum atomic E-state index is 8.52. The first-order valence-electron chi connectivity index (χ1n) is 1.98. The highest BCUT2D eigenvalue weighted by molar-refractivity contribution is 7.79. The highest BCUT2D eigenvalue weighted by atomic mass is 32.3. The molecule has 11 heavy (non-hydrogen) atoms. The van der Waals surface area contributed by atoms with Gasteiger partial charge in [0, 0.05) is 10.4 Å². The summed E-state index contributed by atoms with van der Waals surface area (Å²) in [6.45, 7) is 0. The van der Waals surface area contributed by atoms with Crippen molar-refractivity contribution in [1.82, 2.24) is 5.43 Å². The second-order valence-electron chi connectivity index (χ2n) is 1.07. The number of nitrogens with two attached hydrogens (primary N) is 3. The molecule has 0 amide bonds. The molecule has 0 bridgehead atoms. The van der Waals surface area contributed by atoms with Gasteiger partial charge in [0.15, 0.2) is 0 Å². The molecule has 0 heterocycles. The quantitative estimate of drug-likeness (QED) is 0.0741. The van der Waals surface area contributed by atoms with Gasteiger partial charge in [0.25, 0.3) is 0 Å². The SMILES string of the molecule is N/N=C(\N)NN.O=S(=O)([O-])[O-]. The smallest absolute Gasteiger partial charge is 0.224 e. The maximum Gasteiger partial charge on any atom is 0.224 e. The summed E-state index contributed by atoms with van der Waals surface area (Å²) in [4.78, 5) is 0. The van der Waals surface area contributed by atoms with Gasteiger partial charge in [-0.15, -0.1) is 5.10 Å². The molecule has 10 heteroatoms. The number of nitrogens with zero attached hydrogens (tertiary/aromatic N) is 1. The van der Waals surface area contributed by atoms with E-state index in [0.717, 1.165) is 0 Å². The summed E-state index contributed by atoms with van der Waals surface area (Å²) < 4.78 is 34.1. The molecule has 0 aliphatic rings. The van der Waals surface area contributed by atoms with E-state index in [1.807, 2.05) is 5.43 Å². The zero-order valence-corrected chi connectivity index (χ0v) is 6.04. The number of hydrazone groups is 1. The Morgan fingerprint density at radius 1 is 1.45 bits per heavy atom. The Morgan fingerprint density at radius 2 is 1.73 bits per heavy atom. The van der Waals surface area contributed by atoms with E-state index >= 15 is 0 Å². The molecule has 0 aromatic carbocycles. The second kappa shape index (κ2) is 5.67. The first-order chi connectivity index (χ1) is 4.81. The van der Waals surface area contributed by atoms with Crippen LogP contribution in [0, 0.1) is 0 Å². The molecule has 0 aromatic rings. The average molecular weight is 185 g/mol. The standard InChI is InChI=1S/CH7N5.H2O4S/c2-1(5-3)6-4;1-5(2,3)4/h3-4H2,(H3,2,5,6);(H2,1,2,3,4)/p-2. The van der Waals surface area contributed by atoms with Gasteiger partial charge in [-0.05, 0) is 0 Å². The molecule has 0 spiro atoms. The highest BCUT2D eigenvalue weighted by Crippen LogP contribution is 1.57. The van der Waals surface area contributed by atoms with Crippen LogP contribution in [0.3, 0.4) is 0 Å². The predicted molar refractivity (Wildman–Crippen MR) is 33.6 cm³/mol. The van der Waals surface area contributed by atoms with E-state index in [4.69, 9.17) is 29.1 Å². The predicted octanol–water partition coefficient (Wildman–Crippen LogP) is -3.70. The molecule has 0 saturated heterocycles. The summed E-state index contributed by atoms with van der Waals surface area (Å²) in [5.74, 6) is 9.32. The van der Waals surface area contributed by atoms with Crippen LogP contribution >= 0.6 is 0 Å². The minimum Gasteiger partial charge on any atom is -0.759 e. The molecule has 9 nitrogen and oxygen atoms in total. The van der Waals surface area contributed by atoms with Crippen molar-refractivity contribution in [1.29, 1.82) is 0 Å². The normalized spacial score (nSPS) is 11.4. The first-order valence-corrected chi connectivity index (χ1v) is 3.31. The summed E-state index contributed by atoms with van der Waals surface area (Å²) in [5.41, 5.74) is 6.88. The molecule has 0 saturated carbocycles. The molecule has 0 aliphatic carbocycles. The fraction of sp³-hybridized carbons (Fsp3) is 0. The van der Waals surface area contributed by atoms with E-state index in [9.17, 15) is 0 Å². The molecule has 0 atom stereocenters. The third kappa shape index (κ3) is 50.4. The fourth-order valence-corrected chi connectivity index (χ4v) is 0.0373. The van der Waals surface area contributed by atoms with E-state index in [-0.39, 0.29) is 5.96 Å².